The molecule has 0 saturated heterocycles. The highest BCUT2D eigenvalue weighted by molar-refractivity contribution is 5.86. The number of nitrogens with two attached hydrogens (primary N) is 1. The predicted molar refractivity (Wildman–Crippen MR) is 66.4 cm³/mol. The number of hydrogen-bond acceptors (Lipinski definition) is 2. The molecule has 2 atom stereocenters. The summed E-state index contributed by atoms with van der Waals surface area (Å²) in [5.41, 5.74) is 3.90. The van der Waals surface area contributed by atoms with Gasteiger partial charge in [-0.15, -0.1) is 0 Å². The lowest BCUT2D eigenvalue weighted by Gasteiger charge is -2.28. The van der Waals surface area contributed by atoms with Gasteiger partial charge in [0.05, 0.1) is 6.04 Å². The average molecular weight is 274 g/mol. The largest absolute Gasteiger partial charge is 0.415 e. The second kappa shape index (κ2) is 5.21. The van der Waals surface area contributed by atoms with Crippen LogP contribution >= 0.6 is 0 Å². The van der Waals surface area contributed by atoms with Gasteiger partial charge >= 0.3 is 6.18 Å². The zero-order valence-electron chi connectivity index (χ0n) is 11.0. The first-order valence-corrected chi connectivity index (χ1v) is 5.79. The topological polar surface area (TPSA) is 55.1 Å². The Labute approximate surface area is 110 Å². The lowest BCUT2D eigenvalue weighted by molar-refractivity contribution is -0.187. The molecule has 1 unspecified atom stereocenters. The van der Waals surface area contributed by atoms with Gasteiger partial charge in [-0.1, -0.05) is 29.8 Å². The van der Waals surface area contributed by atoms with E-state index >= 15 is 0 Å². The van der Waals surface area contributed by atoms with E-state index in [1.165, 1.54) is 0 Å². The summed E-state index contributed by atoms with van der Waals surface area (Å²) in [6, 6.07) is 6.61. The zero-order valence-corrected chi connectivity index (χ0v) is 11.0. The Balaban J connectivity index is 2.80. The smallest absolute Gasteiger partial charge is 0.348 e. The fourth-order valence-corrected chi connectivity index (χ4v) is 1.41. The van der Waals surface area contributed by atoms with Crippen LogP contribution in [0, 0.1) is 6.92 Å². The molecule has 0 aliphatic rings. The van der Waals surface area contributed by atoms with Crippen LogP contribution in [0.4, 0.5) is 13.2 Å². The fraction of sp³-hybridized carbons (Fsp3) is 0.462. The summed E-state index contributed by atoms with van der Waals surface area (Å²) in [5, 5.41) is 2.28. The molecule has 1 aromatic carbocycles. The van der Waals surface area contributed by atoms with E-state index in [-0.39, 0.29) is 0 Å². The molecule has 0 aromatic heterocycles. The van der Waals surface area contributed by atoms with Crippen LogP contribution in [0.2, 0.25) is 0 Å². The maximum atomic E-state index is 12.6. The SMILES string of the molecule is Cc1ccc([C@@H](C)NC(=O)C(C)(N)C(F)(F)F)cc1. The molecule has 3 N–H and O–H groups in total. The normalized spacial score (nSPS) is 16.6. The Kier molecular flexibility index (Phi) is 4.25. The van der Waals surface area contributed by atoms with Crippen LogP contribution in [-0.4, -0.2) is 17.6 Å². The second-order valence-electron chi connectivity index (χ2n) is 4.81. The molecule has 0 aliphatic heterocycles. The summed E-state index contributed by atoms with van der Waals surface area (Å²) in [5.74, 6) is -1.24. The van der Waals surface area contributed by atoms with E-state index < -0.39 is 23.7 Å². The lowest BCUT2D eigenvalue weighted by atomic mass is 10.0. The minimum absolute atomic E-state index is 0.543. The summed E-state index contributed by atoms with van der Waals surface area (Å²) < 4.78 is 37.8. The Morgan fingerprint density at radius 2 is 1.74 bits per heavy atom. The molecule has 0 spiro atoms. The van der Waals surface area contributed by atoms with E-state index in [1.54, 1.807) is 19.1 Å². The number of hydrogen-bond donors (Lipinski definition) is 2. The Hall–Kier alpha value is -1.56. The first-order valence-electron chi connectivity index (χ1n) is 5.79. The molecule has 0 bridgehead atoms. The maximum absolute atomic E-state index is 12.6. The van der Waals surface area contributed by atoms with Crippen LogP contribution in [0.25, 0.3) is 0 Å². The Morgan fingerprint density at radius 3 is 2.16 bits per heavy atom. The van der Waals surface area contributed by atoms with Crippen molar-refractivity contribution in [3.63, 3.8) is 0 Å². The molecule has 6 heteroatoms. The second-order valence-corrected chi connectivity index (χ2v) is 4.81. The van der Waals surface area contributed by atoms with Crippen molar-refractivity contribution in [1.82, 2.24) is 5.32 Å². The van der Waals surface area contributed by atoms with Crippen molar-refractivity contribution in [2.75, 3.05) is 0 Å². The van der Waals surface area contributed by atoms with E-state index in [0.29, 0.717) is 6.92 Å². The summed E-state index contributed by atoms with van der Waals surface area (Å²) >= 11 is 0. The monoisotopic (exact) mass is 274 g/mol. The van der Waals surface area contributed by atoms with Crippen LogP contribution in [0.5, 0.6) is 0 Å². The Morgan fingerprint density at radius 1 is 1.26 bits per heavy atom. The van der Waals surface area contributed by atoms with E-state index in [2.05, 4.69) is 5.32 Å². The molecule has 3 nitrogen and oxygen atoms in total. The molecule has 106 valence electrons. The standard InChI is InChI=1S/C13H17F3N2O/c1-8-4-6-10(7-5-8)9(2)18-11(19)12(3,17)13(14,15)16/h4-7,9H,17H2,1-3H3,(H,18,19)/t9-,12?/m1/s1. The van der Waals surface area contributed by atoms with Crippen molar-refractivity contribution in [1.29, 1.82) is 0 Å². The number of carbonyl (C=O) groups is 1. The third-order valence-corrected chi connectivity index (χ3v) is 2.99. The third-order valence-electron chi connectivity index (χ3n) is 2.99. The van der Waals surface area contributed by atoms with Crippen molar-refractivity contribution < 1.29 is 18.0 Å². The van der Waals surface area contributed by atoms with Gasteiger partial charge < -0.3 is 11.1 Å². The number of aryl methyl sites for hydroxylation is 1. The van der Waals surface area contributed by atoms with E-state index in [9.17, 15) is 18.0 Å². The first-order chi connectivity index (χ1) is 8.55. The van der Waals surface area contributed by atoms with Gasteiger partial charge in [0, 0.05) is 0 Å². The van der Waals surface area contributed by atoms with Gasteiger partial charge in [-0.3, -0.25) is 4.79 Å². The van der Waals surface area contributed by atoms with E-state index in [4.69, 9.17) is 5.73 Å². The van der Waals surface area contributed by atoms with Gasteiger partial charge in [-0.05, 0) is 26.3 Å². The van der Waals surface area contributed by atoms with Crippen molar-refractivity contribution in [2.24, 2.45) is 5.73 Å². The van der Waals surface area contributed by atoms with Crippen molar-refractivity contribution in [2.45, 2.75) is 38.5 Å². The quantitative estimate of drug-likeness (QED) is 0.889. The van der Waals surface area contributed by atoms with Crippen molar-refractivity contribution >= 4 is 5.91 Å². The highest BCUT2D eigenvalue weighted by atomic mass is 19.4. The number of halogens is 3. The number of nitrogens with one attached hydrogen (secondary N) is 1. The minimum atomic E-state index is -4.79. The van der Waals surface area contributed by atoms with Gasteiger partial charge in [-0.25, -0.2) is 0 Å². The molecule has 0 aliphatic carbocycles. The van der Waals surface area contributed by atoms with Gasteiger partial charge in [-0.2, -0.15) is 13.2 Å². The number of carbonyl (C=O) groups excluding carboxylic acids is 1. The van der Waals surface area contributed by atoms with Gasteiger partial charge in [0.2, 0.25) is 5.91 Å². The van der Waals surface area contributed by atoms with Crippen LogP contribution < -0.4 is 11.1 Å². The highest BCUT2D eigenvalue weighted by Crippen LogP contribution is 2.28. The zero-order chi connectivity index (χ0) is 14.8. The minimum Gasteiger partial charge on any atom is -0.348 e. The number of alkyl halides is 3. The molecule has 19 heavy (non-hydrogen) atoms. The molecule has 0 fully saturated rings. The Bertz CT molecular complexity index is 452. The molecular weight excluding hydrogens is 257 g/mol. The summed E-state index contributed by atoms with van der Waals surface area (Å²) in [6.07, 6.45) is -4.79. The van der Waals surface area contributed by atoms with Crippen molar-refractivity contribution in [3.8, 4) is 0 Å². The third kappa shape index (κ3) is 3.47. The molecule has 0 radical (unpaired) electrons. The molecule has 0 saturated carbocycles. The van der Waals surface area contributed by atoms with Gasteiger partial charge in [0.25, 0.3) is 0 Å². The van der Waals surface area contributed by atoms with Crippen LogP contribution in [0.1, 0.15) is 31.0 Å². The molecular formula is C13H17F3N2O. The van der Waals surface area contributed by atoms with Gasteiger partial charge in [0.15, 0.2) is 5.54 Å². The lowest BCUT2D eigenvalue weighted by Crippen LogP contribution is -2.61. The predicted octanol–water partition coefficient (Wildman–Crippen LogP) is 2.45. The number of benzene rings is 1. The van der Waals surface area contributed by atoms with Crippen molar-refractivity contribution in [3.05, 3.63) is 35.4 Å². The molecule has 0 heterocycles. The van der Waals surface area contributed by atoms with E-state index in [1.807, 2.05) is 19.1 Å². The molecule has 1 amide bonds. The van der Waals surface area contributed by atoms with Crippen LogP contribution in [-0.2, 0) is 4.79 Å². The average Bonchev–Trinajstić information content (AvgIpc) is 2.28. The first kappa shape index (κ1) is 15.5. The molecule has 1 aromatic rings. The van der Waals surface area contributed by atoms with E-state index in [0.717, 1.165) is 11.1 Å². The highest BCUT2D eigenvalue weighted by Gasteiger charge is 2.54. The van der Waals surface area contributed by atoms with Crippen LogP contribution in [0.15, 0.2) is 24.3 Å². The van der Waals surface area contributed by atoms with Gasteiger partial charge in [0.1, 0.15) is 0 Å². The maximum Gasteiger partial charge on any atom is 0.415 e. The number of amides is 1. The fourth-order valence-electron chi connectivity index (χ4n) is 1.41. The summed E-state index contributed by atoms with van der Waals surface area (Å²) in [6.45, 7) is 4.16. The molecule has 1 rings (SSSR count). The summed E-state index contributed by atoms with van der Waals surface area (Å²) in [7, 11) is 0. The summed E-state index contributed by atoms with van der Waals surface area (Å²) in [4.78, 5) is 11.6. The van der Waals surface area contributed by atoms with Crippen LogP contribution in [0.3, 0.4) is 0 Å². The number of rotatable bonds is 3.